The number of aliphatic carboxylic acids is 1. The first-order valence-electron chi connectivity index (χ1n) is 11.9. The fourth-order valence-corrected chi connectivity index (χ4v) is 4.87. The largest absolute Gasteiger partial charge is 0.480 e. The van der Waals surface area contributed by atoms with Gasteiger partial charge in [0.1, 0.15) is 11.9 Å². The average molecular weight is 572 g/mol. The second-order valence-electron chi connectivity index (χ2n) is 8.76. The molecule has 0 aliphatic carbocycles. The van der Waals surface area contributed by atoms with E-state index in [0.717, 1.165) is 0 Å². The lowest BCUT2D eigenvalue weighted by atomic mass is 10.0. The first kappa shape index (κ1) is 27.8. The van der Waals surface area contributed by atoms with E-state index in [0.29, 0.717) is 18.4 Å². The number of nitrogens with zero attached hydrogens (tertiary/aromatic N) is 2. The summed E-state index contributed by atoms with van der Waals surface area (Å²) in [7, 11) is 0. The van der Waals surface area contributed by atoms with Gasteiger partial charge in [0.2, 0.25) is 0 Å². The molecule has 1 aliphatic rings. The molecule has 2 unspecified atom stereocenters. The van der Waals surface area contributed by atoms with E-state index in [-0.39, 0.29) is 45.7 Å². The lowest BCUT2D eigenvalue weighted by molar-refractivity contribution is -0.139. The highest BCUT2D eigenvalue weighted by molar-refractivity contribution is 6.40. The van der Waals surface area contributed by atoms with E-state index in [1.165, 1.54) is 23.2 Å². The lowest BCUT2D eigenvalue weighted by Crippen LogP contribution is -2.52. The Morgan fingerprint density at radius 1 is 1.08 bits per heavy atom. The topological polar surface area (TPSA) is 162 Å². The van der Waals surface area contributed by atoms with Crippen molar-refractivity contribution in [2.75, 3.05) is 11.9 Å². The van der Waals surface area contributed by atoms with Crippen LogP contribution in [-0.2, 0) is 11.2 Å². The molecule has 0 bridgehead atoms. The van der Waals surface area contributed by atoms with Gasteiger partial charge in [-0.05, 0) is 25.0 Å². The molecule has 1 fully saturated rings. The zero-order chi connectivity index (χ0) is 28.1. The molecule has 0 saturated carbocycles. The lowest BCUT2D eigenvalue weighted by Gasteiger charge is -2.26. The molecule has 4 rings (SSSR count). The Bertz CT molecular complexity index is 1460. The summed E-state index contributed by atoms with van der Waals surface area (Å²) in [6, 6.07) is 10.1. The second kappa shape index (κ2) is 12.1. The van der Waals surface area contributed by atoms with E-state index in [1.807, 2.05) is 0 Å². The number of carboxylic acids is 1. The van der Waals surface area contributed by atoms with Crippen LogP contribution in [0, 0.1) is 0 Å². The molecule has 11 nitrogen and oxygen atoms in total. The minimum atomic E-state index is -1.47. The smallest absolute Gasteiger partial charge is 0.346 e. The number of amides is 3. The highest BCUT2D eigenvalue weighted by atomic mass is 35.5. The Balaban J connectivity index is 1.52. The average Bonchev–Trinajstić information content (AvgIpc) is 3.40. The van der Waals surface area contributed by atoms with Crippen LogP contribution in [0.25, 0.3) is 0 Å². The van der Waals surface area contributed by atoms with Crippen LogP contribution in [-0.4, -0.2) is 62.3 Å². The highest BCUT2D eigenvalue weighted by Crippen LogP contribution is 2.26. The van der Waals surface area contributed by atoms with Crippen molar-refractivity contribution in [3.05, 3.63) is 91.9 Å². The number of nitrogens with one attached hydrogen (secondary N) is 3. The molecule has 4 N–H and O–H groups in total. The van der Waals surface area contributed by atoms with Crippen LogP contribution in [0.15, 0.2) is 59.5 Å². The van der Waals surface area contributed by atoms with Gasteiger partial charge in [-0.1, -0.05) is 59.6 Å². The van der Waals surface area contributed by atoms with Crippen molar-refractivity contribution < 1.29 is 24.3 Å². The number of hydrogen-bond donors (Lipinski definition) is 4. The van der Waals surface area contributed by atoms with Crippen LogP contribution >= 0.6 is 23.2 Å². The zero-order valence-electron chi connectivity index (χ0n) is 20.3. The zero-order valence-corrected chi connectivity index (χ0v) is 21.8. The number of likely N-dealkylation sites (tertiary alicyclic amines) is 1. The molecule has 39 heavy (non-hydrogen) atoms. The molecular formula is C26H23Cl2N5O6. The van der Waals surface area contributed by atoms with E-state index >= 15 is 0 Å². The molecule has 1 aliphatic heterocycles. The van der Waals surface area contributed by atoms with Gasteiger partial charge in [-0.2, -0.15) is 4.98 Å². The van der Waals surface area contributed by atoms with Gasteiger partial charge in [0, 0.05) is 30.3 Å². The van der Waals surface area contributed by atoms with Gasteiger partial charge in [-0.15, -0.1) is 0 Å². The first-order valence-corrected chi connectivity index (χ1v) is 12.6. The number of carbonyl (C=O) groups is 4. The van der Waals surface area contributed by atoms with Crippen LogP contribution in [0.1, 0.15) is 39.1 Å². The first-order chi connectivity index (χ1) is 18.7. The van der Waals surface area contributed by atoms with Crippen LogP contribution < -0.4 is 16.3 Å². The summed E-state index contributed by atoms with van der Waals surface area (Å²) in [4.78, 5) is 70.3. The molecule has 1 saturated heterocycles. The maximum Gasteiger partial charge on any atom is 0.346 e. The van der Waals surface area contributed by atoms with E-state index < -0.39 is 35.7 Å². The maximum atomic E-state index is 13.1. The fraction of sp³-hybridized carbons (Fsp3) is 0.231. The van der Waals surface area contributed by atoms with Crippen molar-refractivity contribution >= 4 is 52.7 Å². The number of carboxylic acid groups (broad SMARTS) is 1. The van der Waals surface area contributed by atoms with E-state index in [1.54, 1.807) is 36.4 Å². The Morgan fingerprint density at radius 2 is 1.77 bits per heavy atom. The molecular weight excluding hydrogens is 549 g/mol. The number of Topliss-reactive ketones (excluding diaryl/α,β-unsaturated/α-hetero) is 1. The summed E-state index contributed by atoms with van der Waals surface area (Å²) < 4.78 is 0. The number of aromatic nitrogens is 2. The molecule has 0 spiro atoms. The fourth-order valence-electron chi connectivity index (χ4n) is 4.30. The number of benzene rings is 2. The monoisotopic (exact) mass is 571 g/mol. The normalized spacial score (nSPS) is 15.4. The summed E-state index contributed by atoms with van der Waals surface area (Å²) in [5, 5.41) is 14.9. The number of carbonyl (C=O) groups excluding carboxylic acids is 3. The predicted molar refractivity (Wildman–Crippen MR) is 143 cm³/mol. The van der Waals surface area contributed by atoms with Gasteiger partial charge in [-0.3, -0.25) is 9.59 Å². The Hall–Kier alpha value is -4.22. The van der Waals surface area contributed by atoms with E-state index in [9.17, 15) is 29.1 Å². The van der Waals surface area contributed by atoms with Crippen molar-refractivity contribution in [1.82, 2.24) is 20.2 Å². The number of rotatable bonds is 8. The van der Waals surface area contributed by atoms with Crippen LogP contribution in [0.3, 0.4) is 0 Å². The van der Waals surface area contributed by atoms with Gasteiger partial charge in [-0.25, -0.2) is 14.4 Å². The van der Waals surface area contributed by atoms with Gasteiger partial charge in [0.05, 0.1) is 21.7 Å². The quantitative estimate of drug-likeness (QED) is 0.301. The minimum absolute atomic E-state index is 0.0555. The number of aromatic amines is 1. The van der Waals surface area contributed by atoms with Crippen molar-refractivity contribution in [3.63, 3.8) is 0 Å². The molecule has 2 aromatic carbocycles. The van der Waals surface area contributed by atoms with Crippen LogP contribution in [0.2, 0.25) is 10.0 Å². The summed E-state index contributed by atoms with van der Waals surface area (Å²) in [6.07, 6.45) is 1.88. The van der Waals surface area contributed by atoms with Gasteiger partial charge in [0.25, 0.3) is 5.91 Å². The van der Waals surface area contributed by atoms with Crippen LogP contribution in [0.4, 0.5) is 10.6 Å². The third kappa shape index (κ3) is 6.44. The molecule has 3 aromatic rings. The molecule has 13 heteroatoms. The Kier molecular flexibility index (Phi) is 8.62. The number of H-pyrrole nitrogens is 1. The van der Waals surface area contributed by atoms with Crippen molar-refractivity contribution in [2.24, 2.45) is 0 Å². The molecule has 2 atom stereocenters. The number of hydrogen-bond acceptors (Lipinski definition) is 6. The Labute approximate surface area is 232 Å². The third-order valence-electron chi connectivity index (χ3n) is 6.20. The van der Waals surface area contributed by atoms with E-state index in [4.69, 9.17) is 23.2 Å². The standard InChI is InChI=1S/C26H23Cl2N5O6/c27-16-8-4-9-17(28)20(16)23(35)31-22-15(13-29-25(38)32-22)12-18(24(36)37)30-26(39)33-11-5-10-19(33)21(34)14-6-2-1-3-7-14/h1-4,6-9,13,18-19H,5,10-12H2,(H,30,39)(H,36,37)(H2,29,31,32,35,38). The summed E-state index contributed by atoms with van der Waals surface area (Å²) in [5.41, 5.74) is -0.276. The van der Waals surface area contributed by atoms with Crippen LogP contribution in [0.5, 0.6) is 0 Å². The van der Waals surface area contributed by atoms with Gasteiger partial charge >= 0.3 is 17.7 Å². The third-order valence-corrected chi connectivity index (χ3v) is 6.83. The molecule has 0 radical (unpaired) electrons. The summed E-state index contributed by atoms with van der Waals surface area (Å²) >= 11 is 12.2. The molecule has 202 valence electrons. The molecule has 1 aromatic heterocycles. The summed E-state index contributed by atoms with van der Waals surface area (Å²) in [5.74, 6) is -2.59. The number of anilines is 1. The predicted octanol–water partition coefficient (Wildman–Crippen LogP) is 3.38. The second-order valence-corrected chi connectivity index (χ2v) is 9.57. The summed E-state index contributed by atoms with van der Waals surface area (Å²) in [6.45, 7) is 0.279. The molecule has 2 heterocycles. The number of urea groups is 1. The Morgan fingerprint density at radius 3 is 2.44 bits per heavy atom. The van der Waals surface area contributed by atoms with Crippen molar-refractivity contribution in [3.8, 4) is 0 Å². The minimum Gasteiger partial charge on any atom is -0.480 e. The van der Waals surface area contributed by atoms with Gasteiger partial charge < -0.3 is 25.6 Å². The maximum absolute atomic E-state index is 13.1. The SMILES string of the molecule is O=C(Nc1nc(=O)[nH]cc1CC(NC(=O)N1CCCC1C(=O)c1ccccc1)C(=O)O)c1c(Cl)cccc1Cl. The number of halogens is 2. The van der Waals surface area contributed by atoms with Crippen molar-refractivity contribution in [2.45, 2.75) is 31.3 Å². The highest BCUT2D eigenvalue weighted by Gasteiger charge is 2.36. The van der Waals surface area contributed by atoms with E-state index in [2.05, 4.69) is 20.6 Å². The number of ketones is 1. The molecule has 3 amide bonds. The van der Waals surface area contributed by atoms with Crippen molar-refractivity contribution in [1.29, 1.82) is 0 Å². The van der Waals surface area contributed by atoms with Gasteiger partial charge in [0.15, 0.2) is 5.78 Å².